The van der Waals surface area contributed by atoms with Crippen molar-refractivity contribution in [2.75, 3.05) is 37.0 Å². The topological polar surface area (TPSA) is 0 Å². The van der Waals surface area contributed by atoms with Crippen molar-refractivity contribution in [2.45, 2.75) is 0 Å². The summed E-state index contributed by atoms with van der Waals surface area (Å²) in [6, 6.07) is 67.9. The van der Waals surface area contributed by atoms with Gasteiger partial charge in [0, 0.05) is 21.1 Å². The molecule has 0 N–H and O–H groups in total. The van der Waals surface area contributed by atoms with Gasteiger partial charge in [-0.25, -0.2) is 0 Å². The maximum atomic E-state index is 2.40. The fourth-order valence-electron chi connectivity index (χ4n) is 5.95. The van der Waals surface area contributed by atoms with Gasteiger partial charge in [0.2, 0.25) is 0 Å². The molecule has 2 unspecified atom stereocenters. The van der Waals surface area contributed by atoms with Gasteiger partial charge in [-0.15, -0.1) is 0 Å². The molecule has 0 bridgehead atoms. The summed E-state index contributed by atoms with van der Waals surface area (Å²) in [6.07, 6.45) is 7.60. The number of rotatable bonds is 15. The molecule has 240 valence electrons. The molecule has 0 aromatic heterocycles. The third kappa shape index (κ3) is 10.6. The Hall–Kier alpha value is -2.27. The van der Waals surface area contributed by atoms with Crippen LogP contribution in [0.3, 0.4) is 0 Å². The number of hydrogen-bond donors (Lipinski definition) is 0. The first-order chi connectivity index (χ1) is 22.8. The molecule has 0 radical (unpaired) electrons. The van der Waals surface area contributed by atoms with Crippen LogP contribution < -0.4 is 31.8 Å². The Bertz CT molecular complexity index is 1480. The van der Waals surface area contributed by atoms with Crippen LogP contribution in [0.25, 0.3) is 0 Å². The zero-order valence-corrected chi connectivity index (χ0v) is 32.5. The summed E-state index contributed by atoms with van der Waals surface area (Å²) in [5.74, 6) is 0. The van der Waals surface area contributed by atoms with Crippen molar-refractivity contribution >= 4 is 63.5 Å². The molecule has 0 spiro atoms. The van der Waals surface area contributed by atoms with Gasteiger partial charge < -0.3 is 0 Å². The van der Waals surface area contributed by atoms with Crippen molar-refractivity contribution in [1.82, 2.24) is 0 Å². The minimum atomic E-state index is -0.386. The average Bonchev–Trinajstić information content (AvgIpc) is 3.14. The molecule has 0 aliphatic carbocycles. The van der Waals surface area contributed by atoms with Gasteiger partial charge in [-0.2, -0.15) is 0 Å². The molecule has 0 saturated heterocycles. The van der Waals surface area contributed by atoms with E-state index in [1.54, 1.807) is 10.6 Å². The molecule has 5 heteroatoms. The summed E-state index contributed by atoms with van der Waals surface area (Å²) < 4.78 is 0. The summed E-state index contributed by atoms with van der Waals surface area (Å²) in [5.41, 5.74) is 0. The Morgan fingerprint density at radius 2 is 0.426 bits per heavy atom. The summed E-state index contributed by atoms with van der Waals surface area (Å²) >= 11 is 0. The standard InChI is InChI=1S/C42H42P4.Pt/c1-7-19-37(20-8-1)43(33-35-45(39-23-11-3-12-24-39)40-25-13-4-14-26-40)31-32-44(38-21-9-2-10-22-38)34-36-46(41-27-15-5-16-28-41)42-29-17-6-18-30-42;/h1-30H,31-36H2;. The number of hydrogen-bond acceptors (Lipinski definition) is 0. The van der Waals surface area contributed by atoms with E-state index in [4.69, 9.17) is 0 Å². The van der Waals surface area contributed by atoms with Crippen molar-refractivity contribution < 1.29 is 21.1 Å². The molecule has 47 heavy (non-hydrogen) atoms. The monoisotopic (exact) mass is 865 g/mol. The van der Waals surface area contributed by atoms with Gasteiger partial charge >= 0.3 is 0 Å². The van der Waals surface area contributed by atoms with E-state index in [2.05, 4.69) is 182 Å². The molecule has 0 saturated carbocycles. The van der Waals surface area contributed by atoms with Crippen LogP contribution in [0.1, 0.15) is 0 Å². The predicted octanol–water partition coefficient (Wildman–Crippen LogP) is 8.86. The summed E-state index contributed by atoms with van der Waals surface area (Å²) in [5, 5.41) is 9.10. The fraction of sp³-hybridized carbons (Fsp3) is 0.143. The molecule has 0 aliphatic heterocycles. The van der Waals surface area contributed by atoms with E-state index >= 15 is 0 Å². The smallest absolute Gasteiger partial charge is 0 e. The minimum absolute atomic E-state index is 0. The van der Waals surface area contributed by atoms with Gasteiger partial charge in [0.15, 0.2) is 0 Å². The van der Waals surface area contributed by atoms with Gasteiger partial charge in [-0.05, 0) is 84.6 Å². The Kier molecular flexibility index (Phi) is 15.1. The van der Waals surface area contributed by atoms with E-state index in [-0.39, 0.29) is 52.8 Å². The molecular formula is C42H42P4Pt. The molecule has 0 amide bonds. The summed E-state index contributed by atoms with van der Waals surface area (Å²) in [6.45, 7) is 0. The van der Waals surface area contributed by atoms with E-state index in [1.807, 2.05) is 0 Å². The van der Waals surface area contributed by atoms with Crippen LogP contribution in [0.4, 0.5) is 0 Å². The normalized spacial score (nSPS) is 12.4. The second-order valence-corrected chi connectivity index (χ2v) is 20.9. The molecule has 0 aliphatic rings. The third-order valence-corrected chi connectivity index (χ3v) is 19.5. The molecule has 0 nitrogen and oxygen atoms in total. The van der Waals surface area contributed by atoms with Crippen LogP contribution in [0, 0.1) is 0 Å². The van der Waals surface area contributed by atoms with Gasteiger partial charge in [0.1, 0.15) is 0 Å². The molecule has 0 fully saturated rings. The fourth-order valence-corrected chi connectivity index (χ4v) is 17.8. The Labute approximate surface area is 301 Å². The first-order valence-electron chi connectivity index (χ1n) is 16.2. The molecule has 6 aromatic carbocycles. The minimum Gasteiger partial charge on any atom is -0.0746 e. The molecule has 0 heterocycles. The average molecular weight is 866 g/mol. The van der Waals surface area contributed by atoms with Crippen molar-refractivity contribution in [1.29, 1.82) is 0 Å². The first kappa shape index (κ1) is 36.0. The molecule has 2 atom stereocenters. The van der Waals surface area contributed by atoms with E-state index in [0.29, 0.717) is 0 Å². The van der Waals surface area contributed by atoms with Crippen molar-refractivity contribution in [3.8, 4) is 0 Å². The molecule has 6 aromatic rings. The van der Waals surface area contributed by atoms with Crippen LogP contribution >= 0.6 is 31.7 Å². The SMILES string of the molecule is [Pt].c1ccc(P(CCP(CCP(c2ccccc2)c2ccccc2)c2ccccc2)CCP(c2ccccc2)c2ccccc2)cc1. The second kappa shape index (κ2) is 19.7. The molecule has 6 rings (SSSR count). The van der Waals surface area contributed by atoms with Crippen molar-refractivity contribution in [2.24, 2.45) is 0 Å². The largest absolute Gasteiger partial charge is 0.0746 e. The predicted molar refractivity (Wildman–Crippen MR) is 213 cm³/mol. The van der Waals surface area contributed by atoms with E-state index in [0.717, 1.165) is 0 Å². The van der Waals surface area contributed by atoms with Gasteiger partial charge in [0.25, 0.3) is 0 Å². The van der Waals surface area contributed by atoms with E-state index < -0.39 is 0 Å². The Balaban J connectivity index is 0.00000433. The summed E-state index contributed by atoms with van der Waals surface area (Å²) in [7, 11) is -1.31. The van der Waals surface area contributed by atoms with Gasteiger partial charge in [-0.3, -0.25) is 0 Å². The van der Waals surface area contributed by atoms with Crippen LogP contribution in [-0.2, 0) is 21.1 Å². The zero-order chi connectivity index (χ0) is 31.2. The maximum absolute atomic E-state index is 2.40. The summed E-state index contributed by atoms with van der Waals surface area (Å²) in [4.78, 5) is 0. The van der Waals surface area contributed by atoms with Crippen molar-refractivity contribution in [3.63, 3.8) is 0 Å². The Morgan fingerprint density at radius 1 is 0.234 bits per heavy atom. The van der Waals surface area contributed by atoms with Crippen molar-refractivity contribution in [3.05, 3.63) is 182 Å². The zero-order valence-electron chi connectivity index (χ0n) is 26.7. The van der Waals surface area contributed by atoms with Gasteiger partial charge in [-0.1, -0.05) is 198 Å². The second-order valence-electron chi connectivity index (χ2n) is 11.3. The maximum Gasteiger partial charge on any atom is 0 e. The third-order valence-electron chi connectivity index (χ3n) is 8.34. The Morgan fingerprint density at radius 3 is 0.660 bits per heavy atom. The van der Waals surface area contributed by atoms with Gasteiger partial charge in [0.05, 0.1) is 0 Å². The quantitative estimate of drug-likeness (QED) is 0.0907. The van der Waals surface area contributed by atoms with E-state index in [9.17, 15) is 0 Å². The van der Waals surface area contributed by atoms with Crippen LogP contribution in [-0.4, -0.2) is 37.0 Å². The number of benzene rings is 6. The van der Waals surface area contributed by atoms with Crippen LogP contribution in [0.2, 0.25) is 0 Å². The molecular weight excluding hydrogens is 823 g/mol. The first-order valence-corrected chi connectivity index (χ1v) is 22.7. The van der Waals surface area contributed by atoms with E-state index in [1.165, 1.54) is 58.2 Å². The van der Waals surface area contributed by atoms with Crippen LogP contribution in [0.5, 0.6) is 0 Å². The van der Waals surface area contributed by atoms with Crippen LogP contribution in [0.15, 0.2) is 182 Å².